The molecular formula is C25H32N2O4. The minimum absolute atomic E-state index is 0.0225. The molecule has 4 bridgehead atoms. The number of aliphatic carboxylic acids is 1. The van der Waals surface area contributed by atoms with E-state index < -0.39 is 23.7 Å². The molecule has 1 aromatic heterocycles. The van der Waals surface area contributed by atoms with Gasteiger partial charge in [-0.05, 0) is 81.8 Å². The van der Waals surface area contributed by atoms with Crippen LogP contribution in [0.4, 0.5) is 4.79 Å². The Balaban J connectivity index is 1.28. The molecule has 1 aromatic carbocycles. The normalized spacial score (nSPS) is 30.3. The van der Waals surface area contributed by atoms with Crippen LogP contribution in [0.15, 0.2) is 30.5 Å². The predicted octanol–water partition coefficient (Wildman–Crippen LogP) is 4.88. The molecule has 6 rings (SSSR count). The van der Waals surface area contributed by atoms with E-state index in [9.17, 15) is 14.7 Å². The zero-order valence-electron chi connectivity index (χ0n) is 18.3. The first kappa shape index (κ1) is 20.4. The fourth-order valence-electron chi connectivity index (χ4n) is 7.08. The third kappa shape index (κ3) is 3.60. The van der Waals surface area contributed by atoms with Gasteiger partial charge in [-0.15, -0.1) is 0 Å². The van der Waals surface area contributed by atoms with Crippen LogP contribution in [-0.4, -0.2) is 33.8 Å². The van der Waals surface area contributed by atoms with E-state index in [2.05, 4.69) is 10.3 Å². The average molecular weight is 425 g/mol. The summed E-state index contributed by atoms with van der Waals surface area (Å²) in [5.41, 5.74) is 1.22. The number of alkyl carbamates (subject to hydrolysis) is 1. The number of aromatic amines is 1. The molecule has 0 radical (unpaired) electrons. The summed E-state index contributed by atoms with van der Waals surface area (Å²) in [6.45, 7) is 4.05. The summed E-state index contributed by atoms with van der Waals surface area (Å²) in [6.07, 6.45) is 8.73. The Morgan fingerprint density at radius 2 is 1.77 bits per heavy atom. The van der Waals surface area contributed by atoms with Gasteiger partial charge in [-0.25, -0.2) is 9.59 Å². The summed E-state index contributed by atoms with van der Waals surface area (Å²) in [7, 11) is 0. The van der Waals surface area contributed by atoms with Crippen molar-refractivity contribution in [2.75, 3.05) is 0 Å². The molecule has 4 saturated carbocycles. The van der Waals surface area contributed by atoms with Crippen molar-refractivity contribution in [3.05, 3.63) is 36.0 Å². The number of hydrogen-bond acceptors (Lipinski definition) is 3. The molecule has 166 valence electrons. The molecule has 2 aromatic rings. The molecule has 31 heavy (non-hydrogen) atoms. The predicted molar refractivity (Wildman–Crippen MR) is 118 cm³/mol. The lowest BCUT2D eigenvalue weighted by Gasteiger charge is -2.61. The van der Waals surface area contributed by atoms with E-state index in [4.69, 9.17) is 4.74 Å². The van der Waals surface area contributed by atoms with Gasteiger partial charge in [0.2, 0.25) is 0 Å². The van der Waals surface area contributed by atoms with Gasteiger partial charge in [0, 0.05) is 28.9 Å². The van der Waals surface area contributed by atoms with E-state index in [0.29, 0.717) is 0 Å². The summed E-state index contributed by atoms with van der Waals surface area (Å²) < 4.78 is 5.99. The molecular weight excluding hydrogens is 392 g/mol. The highest BCUT2D eigenvalue weighted by atomic mass is 16.6. The Bertz CT molecular complexity index is 973. The number of carboxylic acids is 1. The van der Waals surface area contributed by atoms with Crippen LogP contribution in [0.1, 0.15) is 57.9 Å². The van der Waals surface area contributed by atoms with Crippen LogP contribution in [0, 0.1) is 23.2 Å². The number of ether oxygens (including phenoxy) is 1. The molecule has 6 heteroatoms. The Kier molecular flexibility index (Phi) is 4.79. The van der Waals surface area contributed by atoms with Gasteiger partial charge >= 0.3 is 12.1 Å². The minimum atomic E-state index is -1.06. The second-order valence-electron chi connectivity index (χ2n) is 10.7. The monoisotopic (exact) mass is 424 g/mol. The molecule has 1 heterocycles. The van der Waals surface area contributed by atoms with Crippen molar-refractivity contribution < 1.29 is 19.4 Å². The first-order valence-electron chi connectivity index (χ1n) is 11.5. The van der Waals surface area contributed by atoms with Crippen molar-refractivity contribution in [2.24, 2.45) is 23.2 Å². The molecule has 1 unspecified atom stereocenters. The lowest BCUT2D eigenvalue weighted by atomic mass is 9.46. The van der Waals surface area contributed by atoms with E-state index in [1.165, 1.54) is 19.3 Å². The Morgan fingerprint density at radius 1 is 1.16 bits per heavy atom. The van der Waals surface area contributed by atoms with Crippen molar-refractivity contribution in [3.8, 4) is 0 Å². The van der Waals surface area contributed by atoms with Crippen LogP contribution in [0.2, 0.25) is 0 Å². The van der Waals surface area contributed by atoms with Gasteiger partial charge in [-0.1, -0.05) is 18.2 Å². The van der Waals surface area contributed by atoms with Crippen LogP contribution >= 0.6 is 0 Å². The summed E-state index contributed by atoms with van der Waals surface area (Å²) >= 11 is 0. The zero-order chi connectivity index (χ0) is 21.8. The highest BCUT2D eigenvalue weighted by molar-refractivity contribution is 5.85. The number of fused-ring (bicyclic) bond motifs is 1. The molecule has 3 N–H and O–H groups in total. The second-order valence-corrected chi connectivity index (χ2v) is 10.7. The van der Waals surface area contributed by atoms with Crippen molar-refractivity contribution in [3.63, 3.8) is 0 Å². The number of carbonyl (C=O) groups is 2. The van der Waals surface area contributed by atoms with E-state index in [1.807, 2.05) is 44.3 Å². The summed E-state index contributed by atoms with van der Waals surface area (Å²) in [6, 6.07) is 6.71. The number of amides is 1. The smallest absolute Gasteiger partial charge is 0.408 e. The van der Waals surface area contributed by atoms with E-state index in [1.54, 1.807) is 0 Å². The summed E-state index contributed by atoms with van der Waals surface area (Å²) in [4.78, 5) is 27.9. The van der Waals surface area contributed by atoms with Crippen molar-refractivity contribution >= 4 is 23.0 Å². The van der Waals surface area contributed by atoms with E-state index in [-0.39, 0.29) is 11.8 Å². The number of rotatable bonds is 6. The van der Waals surface area contributed by atoms with Gasteiger partial charge < -0.3 is 20.1 Å². The Morgan fingerprint density at radius 3 is 2.39 bits per heavy atom. The number of carboxylic acid groups (broad SMARTS) is 1. The molecule has 4 fully saturated rings. The van der Waals surface area contributed by atoms with Crippen LogP contribution in [0.5, 0.6) is 0 Å². The number of benzene rings is 1. The van der Waals surface area contributed by atoms with Gasteiger partial charge in [0.25, 0.3) is 0 Å². The number of para-hydroxylation sites is 1. The lowest BCUT2D eigenvalue weighted by Crippen LogP contribution is -2.58. The fraction of sp³-hybridized carbons (Fsp3) is 0.600. The maximum absolute atomic E-state index is 12.9. The molecule has 4 aliphatic rings. The van der Waals surface area contributed by atoms with Crippen molar-refractivity contribution in [1.82, 2.24) is 10.3 Å². The van der Waals surface area contributed by atoms with E-state index >= 15 is 0 Å². The number of H-pyrrole nitrogens is 1. The number of nitrogens with one attached hydrogen (secondary N) is 2. The number of hydrogen-bond donors (Lipinski definition) is 3. The summed E-state index contributed by atoms with van der Waals surface area (Å²) in [5, 5.41) is 13.3. The first-order chi connectivity index (χ1) is 14.7. The fourth-order valence-corrected chi connectivity index (χ4v) is 7.08. The Hall–Kier alpha value is -2.50. The SMILES string of the molecule is CC(C)(OC(=O)NC(Cc1c[nH]c2ccccc12)C(=O)O)C12CC3CC(CC(C3)C1)C2. The molecule has 0 spiro atoms. The van der Waals surface area contributed by atoms with Crippen LogP contribution < -0.4 is 5.32 Å². The molecule has 0 aliphatic heterocycles. The summed E-state index contributed by atoms with van der Waals surface area (Å²) in [5.74, 6) is 1.21. The largest absolute Gasteiger partial charge is 0.480 e. The van der Waals surface area contributed by atoms with Gasteiger partial charge in [-0.2, -0.15) is 0 Å². The third-order valence-electron chi connectivity index (χ3n) is 8.35. The molecule has 6 nitrogen and oxygen atoms in total. The van der Waals surface area contributed by atoms with Gasteiger partial charge in [0.05, 0.1) is 0 Å². The number of carbonyl (C=O) groups excluding carboxylic acids is 1. The maximum Gasteiger partial charge on any atom is 0.408 e. The quantitative estimate of drug-likeness (QED) is 0.616. The standard InChI is InChI=1S/C25H32N2O4/c1-24(2,25-11-15-7-16(12-25)9-17(8-15)13-25)31-23(30)27-21(22(28)29)10-18-14-26-20-6-4-3-5-19(18)20/h3-6,14-17,21,26H,7-13H2,1-2H3,(H,27,30)(H,28,29). The number of aromatic nitrogens is 1. The Labute approximate surface area is 182 Å². The molecule has 4 aliphatic carbocycles. The van der Waals surface area contributed by atoms with Gasteiger partial charge in [0.1, 0.15) is 11.6 Å². The highest BCUT2D eigenvalue weighted by Crippen LogP contribution is 2.64. The molecule has 1 amide bonds. The van der Waals surface area contributed by atoms with Crippen LogP contribution in [-0.2, 0) is 16.0 Å². The van der Waals surface area contributed by atoms with E-state index in [0.717, 1.165) is 53.5 Å². The third-order valence-corrected chi connectivity index (χ3v) is 8.35. The molecule has 0 saturated heterocycles. The second kappa shape index (κ2) is 7.28. The topological polar surface area (TPSA) is 91.4 Å². The molecule has 1 atom stereocenters. The zero-order valence-corrected chi connectivity index (χ0v) is 18.3. The van der Waals surface area contributed by atoms with Crippen LogP contribution in [0.25, 0.3) is 10.9 Å². The first-order valence-corrected chi connectivity index (χ1v) is 11.5. The lowest BCUT2D eigenvalue weighted by molar-refractivity contribution is -0.163. The highest BCUT2D eigenvalue weighted by Gasteiger charge is 2.58. The van der Waals surface area contributed by atoms with Gasteiger partial charge in [0.15, 0.2) is 0 Å². The maximum atomic E-state index is 12.9. The van der Waals surface area contributed by atoms with Crippen molar-refractivity contribution in [1.29, 1.82) is 0 Å². The minimum Gasteiger partial charge on any atom is -0.480 e. The van der Waals surface area contributed by atoms with Crippen molar-refractivity contribution in [2.45, 2.75) is 70.4 Å². The average Bonchev–Trinajstić information content (AvgIpc) is 3.09. The van der Waals surface area contributed by atoms with Gasteiger partial charge in [-0.3, -0.25) is 0 Å². The van der Waals surface area contributed by atoms with Crippen LogP contribution in [0.3, 0.4) is 0 Å².